The van der Waals surface area contributed by atoms with Gasteiger partial charge >= 0.3 is 6.18 Å². The average molecular weight is 380 g/mol. The quantitative estimate of drug-likeness (QED) is 0.694. The van der Waals surface area contributed by atoms with Gasteiger partial charge in [0.15, 0.2) is 11.5 Å². The summed E-state index contributed by atoms with van der Waals surface area (Å²) >= 11 is 0. The highest BCUT2D eigenvalue weighted by Crippen LogP contribution is 2.34. The van der Waals surface area contributed by atoms with E-state index in [4.69, 9.17) is 14.2 Å². The second-order valence-electron chi connectivity index (χ2n) is 5.50. The number of alkyl halides is 3. The Hall–Kier alpha value is -3.23. The molecule has 3 rings (SSSR count). The number of rotatable bonds is 4. The van der Waals surface area contributed by atoms with E-state index in [1.54, 1.807) is 0 Å². The molecule has 3 aromatic rings. The minimum absolute atomic E-state index is 0.0114. The van der Waals surface area contributed by atoms with E-state index in [2.05, 4.69) is 4.98 Å². The minimum atomic E-state index is -4.85. The summed E-state index contributed by atoms with van der Waals surface area (Å²) in [6.07, 6.45) is -4.85. The maximum atomic E-state index is 13.6. The Morgan fingerprint density at radius 3 is 2.04 bits per heavy atom. The highest BCUT2D eigenvalue weighted by atomic mass is 19.4. The Labute approximate surface area is 151 Å². The Kier molecular flexibility index (Phi) is 4.69. The van der Waals surface area contributed by atoms with Gasteiger partial charge in [-0.25, -0.2) is 4.98 Å². The lowest BCUT2D eigenvalue weighted by atomic mass is 10.2. The smallest absolute Gasteiger partial charge is 0.450 e. The first kappa shape index (κ1) is 18.6. The molecule has 6 nitrogen and oxygen atoms in total. The Morgan fingerprint density at radius 2 is 1.52 bits per heavy atom. The van der Waals surface area contributed by atoms with Crippen LogP contribution in [-0.4, -0.2) is 30.9 Å². The second-order valence-corrected chi connectivity index (χ2v) is 5.50. The maximum absolute atomic E-state index is 13.6. The van der Waals surface area contributed by atoms with Crippen molar-refractivity contribution in [2.24, 2.45) is 0 Å². The third-order valence-electron chi connectivity index (χ3n) is 3.96. The molecule has 0 fully saturated rings. The summed E-state index contributed by atoms with van der Waals surface area (Å²) in [5.41, 5.74) is -1.01. The summed E-state index contributed by atoms with van der Waals surface area (Å²) in [5.74, 6) is -0.505. The summed E-state index contributed by atoms with van der Waals surface area (Å²) < 4.78 is 56.6. The first-order chi connectivity index (χ1) is 12.8. The van der Waals surface area contributed by atoms with Crippen LogP contribution >= 0.6 is 0 Å². The second kappa shape index (κ2) is 6.82. The predicted molar refractivity (Wildman–Crippen MR) is 92.0 cm³/mol. The van der Waals surface area contributed by atoms with E-state index >= 15 is 0 Å². The highest BCUT2D eigenvalue weighted by molar-refractivity contribution is 5.82. The lowest BCUT2D eigenvalue weighted by Gasteiger charge is -2.17. The van der Waals surface area contributed by atoms with Crippen LogP contribution in [0.1, 0.15) is 5.82 Å². The van der Waals surface area contributed by atoms with Crippen LogP contribution in [0.4, 0.5) is 13.2 Å². The van der Waals surface area contributed by atoms with Crippen molar-refractivity contribution >= 4 is 10.9 Å². The van der Waals surface area contributed by atoms with Gasteiger partial charge in [-0.1, -0.05) is 0 Å². The van der Waals surface area contributed by atoms with Gasteiger partial charge in [0.2, 0.25) is 5.82 Å². The van der Waals surface area contributed by atoms with Crippen molar-refractivity contribution in [1.29, 1.82) is 0 Å². The van der Waals surface area contributed by atoms with Gasteiger partial charge in [0.05, 0.1) is 37.9 Å². The molecule has 9 heteroatoms. The van der Waals surface area contributed by atoms with Crippen LogP contribution in [0, 0.1) is 0 Å². The van der Waals surface area contributed by atoms with E-state index in [1.165, 1.54) is 57.7 Å². The molecule has 0 aliphatic carbocycles. The number of aromatic nitrogens is 2. The molecule has 0 amide bonds. The summed E-state index contributed by atoms with van der Waals surface area (Å²) in [6, 6.07) is 8.17. The standard InChI is InChI=1S/C18H15F3N2O4/c1-25-11-6-4-10(5-7-11)23-16(24)12-8-14(26-2)15(27-3)9-13(12)22-17(23)18(19,20)21/h4-9H,1-3H3. The summed E-state index contributed by atoms with van der Waals surface area (Å²) in [4.78, 5) is 16.6. The molecule has 1 heterocycles. The molecule has 0 radical (unpaired) electrons. The lowest BCUT2D eigenvalue weighted by molar-refractivity contribution is -0.146. The molecular weight excluding hydrogens is 365 g/mol. The van der Waals surface area contributed by atoms with Gasteiger partial charge in [-0.3, -0.25) is 9.36 Å². The zero-order chi connectivity index (χ0) is 19.8. The third kappa shape index (κ3) is 3.27. The van der Waals surface area contributed by atoms with Gasteiger partial charge in [-0.15, -0.1) is 0 Å². The van der Waals surface area contributed by atoms with Crippen LogP contribution in [0.2, 0.25) is 0 Å². The van der Waals surface area contributed by atoms with E-state index in [1.807, 2.05) is 0 Å². The van der Waals surface area contributed by atoms with Crippen LogP contribution in [0.5, 0.6) is 17.2 Å². The molecule has 0 bridgehead atoms. The van der Waals surface area contributed by atoms with Crippen LogP contribution < -0.4 is 19.8 Å². The monoisotopic (exact) mass is 380 g/mol. The molecule has 0 atom stereocenters. The van der Waals surface area contributed by atoms with Gasteiger partial charge in [0.1, 0.15) is 5.75 Å². The fraction of sp³-hybridized carbons (Fsp3) is 0.222. The first-order valence-electron chi connectivity index (χ1n) is 7.70. The Bertz CT molecular complexity index is 1040. The number of halogens is 3. The maximum Gasteiger partial charge on any atom is 0.450 e. The zero-order valence-electron chi connectivity index (χ0n) is 14.6. The molecule has 0 N–H and O–H groups in total. The highest BCUT2D eigenvalue weighted by Gasteiger charge is 2.38. The molecule has 0 aliphatic heterocycles. The number of hydrogen-bond acceptors (Lipinski definition) is 5. The number of benzene rings is 2. The van der Waals surface area contributed by atoms with Crippen LogP contribution in [0.15, 0.2) is 41.2 Å². The largest absolute Gasteiger partial charge is 0.497 e. The molecule has 0 spiro atoms. The first-order valence-corrected chi connectivity index (χ1v) is 7.70. The van der Waals surface area contributed by atoms with E-state index in [0.29, 0.717) is 10.3 Å². The zero-order valence-corrected chi connectivity index (χ0v) is 14.6. The molecule has 27 heavy (non-hydrogen) atoms. The van der Waals surface area contributed by atoms with Crippen LogP contribution in [-0.2, 0) is 6.18 Å². The van der Waals surface area contributed by atoms with E-state index < -0.39 is 17.6 Å². The summed E-state index contributed by atoms with van der Waals surface area (Å²) in [5, 5.41) is -0.0310. The van der Waals surface area contributed by atoms with Gasteiger partial charge in [0, 0.05) is 6.07 Å². The van der Waals surface area contributed by atoms with Crippen molar-refractivity contribution < 1.29 is 27.4 Å². The van der Waals surface area contributed by atoms with Crippen molar-refractivity contribution in [3.63, 3.8) is 0 Å². The van der Waals surface area contributed by atoms with Gasteiger partial charge in [-0.2, -0.15) is 13.2 Å². The molecule has 142 valence electrons. The fourth-order valence-electron chi connectivity index (χ4n) is 2.67. The molecular formula is C18H15F3N2O4. The van der Waals surface area contributed by atoms with Gasteiger partial charge in [0.25, 0.3) is 5.56 Å². The van der Waals surface area contributed by atoms with Crippen molar-refractivity contribution in [1.82, 2.24) is 9.55 Å². The topological polar surface area (TPSA) is 62.6 Å². The van der Waals surface area contributed by atoms with Gasteiger partial charge in [-0.05, 0) is 30.3 Å². The fourth-order valence-corrected chi connectivity index (χ4v) is 2.67. The molecule has 0 aliphatic rings. The molecule has 1 aromatic heterocycles. The SMILES string of the molecule is COc1ccc(-n2c(C(F)(F)F)nc3cc(OC)c(OC)cc3c2=O)cc1. The van der Waals surface area contributed by atoms with Crippen LogP contribution in [0.25, 0.3) is 16.6 Å². The van der Waals surface area contributed by atoms with E-state index in [-0.39, 0.29) is 28.1 Å². The number of methoxy groups -OCH3 is 3. The Morgan fingerprint density at radius 1 is 0.926 bits per heavy atom. The lowest BCUT2D eigenvalue weighted by Crippen LogP contribution is -2.28. The predicted octanol–water partition coefficient (Wildman–Crippen LogP) is 3.43. The van der Waals surface area contributed by atoms with Crippen molar-refractivity contribution in [3.8, 4) is 22.9 Å². The van der Waals surface area contributed by atoms with Crippen LogP contribution in [0.3, 0.4) is 0 Å². The normalized spacial score (nSPS) is 11.5. The van der Waals surface area contributed by atoms with Crippen molar-refractivity contribution in [3.05, 3.63) is 52.6 Å². The van der Waals surface area contributed by atoms with E-state index in [0.717, 1.165) is 0 Å². The molecule has 0 saturated heterocycles. The summed E-state index contributed by atoms with van der Waals surface area (Å²) in [6.45, 7) is 0. The molecule has 0 unspecified atom stereocenters. The minimum Gasteiger partial charge on any atom is -0.497 e. The van der Waals surface area contributed by atoms with E-state index in [9.17, 15) is 18.0 Å². The van der Waals surface area contributed by atoms with Crippen molar-refractivity contribution in [2.45, 2.75) is 6.18 Å². The van der Waals surface area contributed by atoms with Gasteiger partial charge < -0.3 is 14.2 Å². The Balaban J connectivity index is 2.39. The number of fused-ring (bicyclic) bond motifs is 1. The number of nitrogens with zero attached hydrogens (tertiary/aromatic N) is 2. The van der Waals surface area contributed by atoms with Crippen molar-refractivity contribution in [2.75, 3.05) is 21.3 Å². The molecule has 2 aromatic carbocycles. The summed E-state index contributed by atoms with van der Waals surface area (Å²) in [7, 11) is 4.13. The average Bonchev–Trinajstić information content (AvgIpc) is 2.66. The third-order valence-corrected chi connectivity index (χ3v) is 3.96. The molecule has 0 saturated carbocycles. The number of hydrogen-bond donors (Lipinski definition) is 0. The number of ether oxygens (including phenoxy) is 3.